The number of methoxy groups -OCH3 is 1. The number of alkyl halides is 1. The molecule has 0 heterocycles. The molecule has 0 radical (unpaired) electrons. The molecule has 8 heteroatoms. The van der Waals surface area contributed by atoms with Crippen LogP contribution in [0.5, 0.6) is 0 Å². The average molecular weight is 412 g/mol. The quantitative estimate of drug-likeness (QED) is 0.730. The Bertz CT molecular complexity index is 607. The number of ether oxygens (including phenoxy) is 1. The van der Waals surface area contributed by atoms with E-state index in [1.54, 1.807) is 20.8 Å². The summed E-state index contributed by atoms with van der Waals surface area (Å²) in [5.41, 5.74) is -1.86. The Kier molecular flexibility index (Phi) is 6.85. The molecule has 0 amide bonds. The zero-order chi connectivity index (χ0) is 17.8. The first-order chi connectivity index (χ1) is 10.6. The van der Waals surface area contributed by atoms with E-state index in [2.05, 4.69) is 25.4 Å². The largest absolute Gasteiger partial charge is 0.469 e. The normalized spacial score (nSPS) is 15.8. The Morgan fingerprint density at radius 3 is 2.48 bits per heavy atom. The van der Waals surface area contributed by atoms with Gasteiger partial charge in [-0.3, -0.25) is 4.79 Å². The molecule has 0 aliphatic carbocycles. The Labute approximate surface area is 145 Å². The highest BCUT2D eigenvalue weighted by Crippen LogP contribution is 2.32. The Morgan fingerprint density at radius 2 is 2.00 bits per heavy atom. The van der Waals surface area contributed by atoms with Crippen LogP contribution in [0, 0.1) is 5.82 Å². The summed E-state index contributed by atoms with van der Waals surface area (Å²) in [6.45, 7) is 3.94. The van der Waals surface area contributed by atoms with Crippen molar-refractivity contribution in [3.63, 3.8) is 0 Å². The predicted octanol–water partition coefficient (Wildman–Crippen LogP) is 3.37. The smallest absolute Gasteiger partial charge is 0.307 e. The first-order valence-corrected chi connectivity index (χ1v) is 8.78. The van der Waals surface area contributed by atoms with E-state index >= 15 is 0 Å². The molecule has 0 saturated heterocycles. The fourth-order valence-corrected chi connectivity index (χ4v) is 3.10. The fourth-order valence-electron chi connectivity index (χ4n) is 1.85. The molecule has 0 aromatic heterocycles. The fraction of sp³-hybridized carbons (Fsp3) is 0.533. The Morgan fingerprint density at radius 1 is 1.39 bits per heavy atom. The number of nitrogens with one attached hydrogen (secondary N) is 1. The number of rotatable bonds is 6. The predicted molar refractivity (Wildman–Crippen MR) is 89.4 cm³/mol. The van der Waals surface area contributed by atoms with Crippen LogP contribution >= 0.6 is 15.9 Å². The number of benzene rings is 1. The minimum Gasteiger partial charge on any atom is -0.469 e. The minimum absolute atomic E-state index is 0.0858. The molecule has 0 saturated carbocycles. The number of hydrogen-bond donors (Lipinski definition) is 1. The SMILES string of the molecule is COC(=O)CC(CF)(NS(=O)C(C)(C)C)c1cc(Br)ccc1F. The van der Waals surface area contributed by atoms with Crippen LogP contribution in [0.3, 0.4) is 0 Å². The van der Waals surface area contributed by atoms with Gasteiger partial charge >= 0.3 is 5.97 Å². The van der Waals surface area contributed by atoms with Gasteiger partial charge < -0.3 is 4.74 Å². The lowest BCUT2D eigenvalue weighted by atomic mass is 9.88. The standard InChI is InChI=1S/C15H20BrF2NO3S/c1-14(2,3)23(21)19-15(9-17,8-13(20)22-4)11-7-10(16)5-6-12(11)18/h5-7,19H,8-9H2,1-4H3. The molecule has 0 bridgehead atoms. The number of carbonyl (C=O) groups excluding carboxylic acids is 1. The molecule has 0 spiro atoms. The van der Waals surface area contributed by atoms with Gasteiger partial charge in [0.25, 0.3) is 0 Å². The lowest BCUT2D eigenvalue weighted by Gasteiger charge is -2.34. The van der Waals surface area contributed by atoms with Crippen LogP contribution < -0.4 is 4.72 Å². The van der Waals surface area contributed by atoms with E-state index < -0.39 is 46.2 Å². The Balaban J connectivity index is 3.42. The molecule has 2 atom stereocenters. The zero-order valence-corrected chi connectivity index (χ0v) is 15.8. The molecule has 1 N–H and O–H groups in total. The molecule has 1 rings (SSSR count). The Hall–Kier alpha value is -0.860. The van der Waals surface area contributed by atoms with Gasteiger partial charge in [-0.25, -0.2) is 17.7 Å². The van der Waals surface area contributed by atoms with Gasteiger partial charge in [-0.15, -0.1) is 0 Å². The molecule has 1 aromatic carbocycles. The number of esters is 1. The van der Waals surface area contributed by atoms with Gasteiger partial charge in [0.05, 0.1) is 34.8 Å². The van der Waals surface area contributed by atoms with Crippen LogP contribution in [0.15, 0.2) is 22.7 Å². The van der Waals surface area contributed by atoms with E-state index in [-0.39, 0.29) is 5.56 Å². The maximum atomic E-state index is 14.3. The van der Waals surface area contributed by atoms with Gasteiger partial charge in [-0.1, -0.05) is 15.9 Å². The minimum atomic E-state index is -1.78. The molecule has 2 unspecified atom stereocenters. The first kappa shape index (κ1) is 20.2. The summed E-state index contributed by atoms with van der Waals surface area (Å²) in [5, 5.41) is 0. The zero-order valence-electron chi connectivity index (χ0n) is 13.4. The molecule has 1 aromatic rings. The molecular weight excluding hydrogens is 392 g/mol. The van der Waals surface area contributed by atoms with Crippen molar-refractivity contribution in [2.75, 3.05) is 13.8 Å². The maximum absolute atomic E-state index is 14.3. The molecule has 0 fully saturated rings. The van der Waals surface area contributed by atoms with Gasteiger partial charge in [0, 0.05) is 10.0 Å². The third-order valence-corrected chi connectivity index (χ3v) is 5.37. The van der Waals surface area contributed by atoms with E-state index in [0.717, 1.165) is 13.2 Å². The number of carbonyl (C=O) groups is 1. The van der Waals surface area contributed by atoms with Gasteiger partial charge in [-0.05, 0) is 39.0 Å². The van der Waals surface area contributed by atoms with Crippen molar-refractivity contribution in [1.82, 2.24) is 4.72 Å². The highest BCUT2D eigenvalue weighted by Gasteiger charge is 2.41. The number of hydrogen-bond acceptors (Lipinski definition) is 3. The second-order valence-electron chi connectivity index (χ2n) is 6.08. The van der Waals surface area contributed by atoms with E-state index in [1.165, 1.54) is 12.1 Å². The van der Waals surface area contributed by atoms with Crippen molar-refractivity contribution in [1.29, 1.82) is 0 Å². The summed E-state index contributed by atoms with van der Waals surface area (Å²) in [6.07, 6.45) is -0.491. The van der Waals surface area contributed by atoms with Gasteiger partial charge in [0.2, 0.25) is 0 Å². The van der Waals surface area contributed by atoms with Crippen molar-refractivity contribution in [3.05, 3.63) is 34.1 Å². The summed E-state index contributed by atoms with van der Waals surface area (Å²) in [5.74, 6) is -1.44. The maximum Gasteiger partial charge on any atom is 0.307 e. The van der Waals surface area contributed by atoms with Crippen LogP contribution in [0.1, 0.15) is 32.8 Å². The van der Waals surface area contributed by atoms with Crippen molar-refractivity contribution in [2.24, 2.45) is 0 Å². The van der Waals surface area contributed by atoms with Crippen LogP contribution in [0.2, 0.25) is 0 Å². The van der Waals surface area contributed by atoms with Crippen molar-refractivity contribution in [3.8, 4) is 0 Å². The summed E-state index contributed by atoms with van der Waals surface area (Å²) in [7, 11) is -0.564. The second kappa shape index (κ2) is 7.81. The van der Waals surface area contributed by atoms with Crippen molar-refractivity contribution >= 4 is 32.9 Å². The van der Waals surface area contributed by atoms with Crippen LogP contribution in [-0.2, 0) is 26.1 Å². The molecule has 4 nitrogen and oxygen atoms in total. The van der Waals surface area contributed by atoms with Gasteiger partial charge in [0.1, 0.15) is 12.5 Å². The van der Waals surface area contributed by atoms with Crippen LogP contribution in [-0.4, -0.2) is 28.7 Å². The topological polar surface area (TPSA) is 55.4 Å². The van der Waals surface area contributed by atoms with Crippen LogP contribution in [0.4, 0.5) is 8.78 Å². The highest BCUT2D eigenvalue weighted by atomic mass is 79.9. The average Bonchev–Trinajstić information content (AvgIpc) is 2.47. The summed E-state index contributed by atoms with van der Waals surface area (Å²) >= 11 is 3.20. The van der Waals surface area contributed by atoms with E-state index in [9.17, 15) is 17.8 Å². The third-order valence-electron chi connectivity index (χ3n) is 3.19. The lowest BCUT2D eigenvalue weighted by molar-refractivity contribution is -0.142. The summed E-state index contributed by atoms with van der Waals surface area (Å²) in [4.78, 5) is 11.7. The van der Waals surface area contributed by atoms with Gasteiger partial charge in [-0.2, -0.15) is 0 Å². The lowest BCUT2D eigenvalue weighted by Crippen LogP contribution is -2.51. The van der Waals surface area contributed by atoms with Crippen LogP contribution in [0.25, 0.3) is 0 Å². The summed E-state index contributed by atoms with van der Waals surface area (Å²) < 4.78 is 47.7. The van der Waals surface area contributed by atoms with Gasteiger partial charge in [0.15, 0.2) is 0 Å². The van der Waals surface area contributed by atoms with Crippen molar-refractivity contribution < 1.29 is 22.5 Å². The third kappa shape index (κ3) is 5.06. The van der Waals surface area contributed by atoms with E-state index in [4.69, 9.17) is 0 Å². The van der Waals surface area contributed by atoms with E-state index in [0.29, 0.717) is 4.47 Å². The van der Waals surface area contributed by atoms with Crippen molar-refractivity contribution in [2.45, 2.75) is 37.5 Å². The monoisotopic (exact) mass is 411 g/mol. The van der Waals surface area contributed by atoms with E-state index in [1.807, 2.05) is 0 Å². The molecular formula is C15H20BrF2NO3S. The number of halogens is 3. The molecule has 0 aliphatic rings. The summed E-state index contributed by atoms with van der Waals surface area (Å²) in [6, 6.07) is 3.98. The second-order valence-corrected chi connectivity index (χ2v) is 8.96. The highest BCUT2D eigenvalue weighted by molar-refractivity contribution is 9.10. The molecule has 23 heavy (non-hydrogen) atoms. The molecule has 130 valence electrons. The first-order valence-electron chi connectivity index (χ1n) is 6.84. The molecule has 0 aliphatic heterocycles.